The van der Waals surface area contributed by atoms with Gasteiger partial charge in [0, 0.05) is 56.9 Å². The van der Waals surface area contributed by atoms with Gasteiger partial charge in [0.1, 0.15) is 5.82 Å². The number of likely N-dealkylation sites (N-methyl/N-ethyl adjacent to an activating group) is 1. The molecule has 0 bridgehead atoms. The highest BCUT2D eigenvalue weighted by Crippen LogP contribution is 2.29. The summed E-state index contributed by atoms with van der Waals surface area (Å²) in [6.07, 6.45) is 6.97. The monoisotopic (exact) mass is 472 g/mol. The molecule has 0 radical (unpaired) electrons. The predicted octanol–water partition coefficient (Wildman–Crippen LogP) is 2.79. The molecule has 2 aliphatic heterocycles. The Balaban J connectivity index is 1.32. The van der Waals surface area contributed by atoms with E-state index in [0.29, 0.717) is 5.95 Å². The van der Waals surface area contributed by atoms with Gasteiger partial charge in [-0.2, -0.15) is 0 Å². The Kier molecular flexibility index (Phi) is 6.76. The quantitative estimate of drug-likeness (QED) is 0.530. The molecule has 1 amide bonds. The summed E-state index contributed by atoms with van der Waals surface area (Å²) in [7, 11) is 2.15. The summed E-state index contributed by atoms with van der Waals surface area (Å²) in [5.41, 5.74) is 2.79. The molecule has 35 heavy (non-hydrogen) atoms. The second kappa shape index (κ2) is 10.3. The van der Waals surface area contributed by atoms with Crippen molar-refractivity contribution in [2.75, 3.05) is 61.4 Å². The molecular formula is C26H32N8O. The van der Waals surface area contributed by atoms with Gasteiger partial charge in [-0.05, 0) is 44.2 Å². The van der Waals surface area contributed by atoms with E-state index < -0.39 is 0 Å². The van der Waals surface area contributed by atoms with Crippen molar-refractivity contribution >= 4 is 40.0 Å². The third-order valence-corrected chi connectivity index (χ3v) is 6.71. The lowest BCUT2D eigenvalue weighted by molar-refractivity contribution is -0.117. The Hall–Kier alpha value is -3.72. The smallest absolute Gasteiger partial charge is 0.243 e. The average molecular weight is 473 g/mol. The Bertz CT molecular complexity index is 1190. The number of aromatic nitrogens is 3. The van der Waals surface area contributed by atoms with Crippen molar-refractivity contribution in [1.29, 1.82) is 0 Å². The van der Waals surface area contributed by atoms with Crippen molar-refractivity contribution in [3.05, 3.63) is 55.4 Å². The fraction of sp³-hybridized carbons (Fsp3) is 0.385. The predicted molar refractivity (Wildman–Crippen MR) is 140 cm³/mol. The maximum Gasteiger partial charge on any atom is 0.243 e. The largest absolute Gasteiger partial charge is 0.368 e. The number of para-hydroxylation sites is 1. The van der Waals surface area contributed by atoms with Crippen LogP contribution >= 0.6 is 0 Å². The fourth-order valence-corrected chi connectivity index (χ4v) is 4.74. The molecule has 182 valence electrons. The highest BCUT2D eigenvalue weighted by Gasteiger charge is 2.23. The first-order valence-electron chi connectivity index (χ1n) is 12.2. The molecule has 0 spiro atoms. The van der Waals surface area contributed by atoms with Crippen LogP contribution in [0.25, 0.3) is 10.9 Å². The SMILES string of the molecule is C=CC(=O)NC1CCCN(c2cccc3cnc(Nc4ccc(N5CCN(C)CC5)nc4)nc23)C1. The number of anilines is 4. The number of piperidine rings is 1. The first-order valence-corrected chi connectivity index (χ1v) is 12.2. The molecule has 2 fully saturated rings. The zero-order valence-corrected chi connectivity index (χ0v) is 20.2. The number of nitrogens with zero attached hydrogens (tertiary/aromatic N) is 6. The van der Waals surface area contributed by atoms with Gasteiger partial charge in [0.05, 0.1) is 23.1 Å². The molecule has 0 aliphatic carbocycles. The molecule has 0 saturated carbocycles. The van der Waals surface area contributed by atoms with Crippen LogP contribution in [0.15, 0.2) is 55.4 Å². The van der Waals surface area contributed by atoms with Gasteiger partial charge in [0.25, 0.3) is 0 Å². The lowest BCUT2D eigenvalue weighted by atomic mass is 10.0. The molecule has 9 heteroatoms. The van der Waals surface area contributed by atoms with E-state index in [0.717, 1.165) is 80.2 Å². The van der Waals surface area contributed by atoms with Crippen LogP contribution in [0.3, 0.4) is 0 Å². The van der Waals surface area contributed by atoms with Gasteiger partial charge in [0.2, 0.25) is 11.9 Å². The third kappa shape index (κ3) is 5.35. The van der Waals surface area contributed by atoms with E-state index in [1.807, 2.05) is 36.7 Å². The summed E-state index contributed by atoms with van der Waals surface area (Å²) in [5, 5.41) is 7.32. The van der Waals surface area contributed by atoms with E-state index in [1.165, 1.54) is 6.08 Å². The first-order chi connectivity index (χ1) is 17.1. The summed E-state index contributed by atoms with van der Waals surface area (Å²) >= 11 is 0. The molecule has 3 aromatic rings. The lowest BCUT2D eigenvalue weighted by Crippen LogP contribution is -2.47. The van der Waals surface area contributed by atoms with Crippen LogP contribution in [-0.2, 0) is 4.79 Å². The van der Waals surface area contributed by atoms with E-state index in [4.69, 9.17) is 4.98 Å². The number of hydrogen-bond donors (Lipinski definition) is 2. The molecule has 1 aromatic carbocycles. The molecule has 2 N–H and O–H groups in total. The van der Waals surface area contributed by atoms with Crippen molar-refractivity contribution < 1.29 is 4.79 Å². The minimum Gasteiger partial charge on any atom is -0.368 e. The number of pyridine rings is 1. The molecule has 2 aromatic heterocycles. The van der Waals surface area contributed by atoms with Crippen LogP contribution in [0.1, 0.15) is 12.8 Å². The minimum absolute atomic E-state index is 0.0915. The van der Waals surface area contributed by atoms with Crippen LogP contribution in [-0.4, -0.2) is 78.1 Å². The van der Waals surface area contributed by atoms with E-state index in [1.54, 1.807) is 0 Å². The molecular weight excluding hydrogens is 440 g/mol. The molecule has 4 heterocycles. The van der Waals surface area contributed by atoms with E-state index >= 15 is 0 Å². The van der Waals surface area contributed by atoms with Crippen molar-refractivity contribution in [2.24, 2.45) is 0 Å². The summed E-state index contributed by atoms with van der Waals surface area (Å²) in [6, 6.07) is 10.3. The van der Waals surface area contributed by atoms with Gasteiger partial charge in [-0.15, -0.1) is 0 Å². The third-order valence-electron chi connectivity index (χ3n) is 6.71. The van der Waals surface area contributed by atoms with Crippen LogP contribution in [0, 0.1) is 0 Å². The average Bonchev–Trinajstić information content (AvgIpc) is 2.89. The second-order valence-electron chi connectivity index (χ2n) is 9.23. The van der Waals surface area contributed by atoms with Crippen molar-refractivity contribution in [2.45, 2.75) is 18.9 Å². The van der Waals surface area contributed by atoms with Gasteiger partial charge in [-0.3, -0.25) is 4.79 Å². The van der Waals surface area contributed by atoms with Gasteiger partial charge >= 0.3 is 0 Å². The molecule has 5 rings (SSSR count). The fourth-order valence-electron chi connectivity index (χ4n) is 4.74. The highest BCUT2D eigenvalue weighted by atomic mass is 16.1. The van der Waals surface area contributed by atoms with Crippen molar-refractivity contribution in [3.8, 4) is 0 Å². The van der Waals surface area contributed by atoms with E-state index in [2.05, 4.69) is 55.0 Å². The maximum atomic E-state index is 11.8. The summed E-state index contributed by atoms with van der Waals surface area (Å²) in [5.74, 6) is 1.40. The van der Waals surface area contributed by atoms with Gasteiger partial charge in [-0.1, -0.05) is 18.7 Å². The number of benzene rings is 1. The van der Waals surface area contributed by atoms with Crippen LogP contribution in [0.5, 0.6) is 0 Å². The first kappa shape index (κ1) is 23.0. The zero-order valence-electron chi connectivity index (χ0n) is 20.2. The number of fused-ring (bicyclic) bond motifs is 1. The lowest BCUT2D eigenvalue weighted by Gasteiger charge is -2.35. The van der Waals surface area contributed by atoms with Gasteiger partial charge < -0.3 is 25.3 Å². The minimum atomic E-state index is -0.129. The highest BCUT2D eigenvalue weighted by molar-refractivity contribution is 5.91. The molecule has 1 atom stereocenters. The molecule has 2 saturated heterocycles. The molecule has 9 nitrogen and oxygen atoms in total. The molecule has 2 aliphatic rings. The summed E-state index contributed by atoms with van der Waals surface area (Å²) < 4.78 is 0. The normalized spacial score (nSPS) is 18.9. The Morgan fingerprint density at radius 2 is 1.91 bits per heavy atom. The topological polar surface area (TPSA) is 89.5 Å². The Morgan fingerprint density at radius 1 is 1.06 bits per heavy atom. The Morgan fingerprint density at radius 3 is 2.69 bits per heavy atom. The zero-order chi connectivity index (χ0) is 24.2. The van der Waals surface area contributed by atoms with E-state index in [-0.39, 0.29) is 11.9 Å². The van der Waals surface area contributed by atoms with Crippen LogP contribution < -0.4 is 20.4 Å². The Labute approximate surface area is 205 Å². The van der Waals surface area contributed by atoms with Crippen molar-refractivity contribution in [3.63, 3.8) is 0 Å². The number of hydrogen-bond acceptors (Lipinski definition) is 8. The van der Waals surface area contributed by atoms with Gasteiger partial charge in [-0.25, -0.2) is 15.0 Å². The maximum absolute atomic E-state index is 11.8. The number of carbonyl (C=O) groups is 1. The number of rotatable bonds is 6. The van der Waals surface area contributed by atoms with Crippen molar-refractivity contribution in [1.82, 2.24) is 25.2 Å². The van der Waals surface area contributed by atoms with Crippen LogP contribution in [0.2, 0.25) is 0 Å². The standard InChI is InChI=1S/C26H32N8O/c1-3-24(35)29-21-7-5-11-34(18-21)22-8-4-6-19-16-28-26(31-25(19)22)30-20-9-10-23(27-17-20)33-14-12-32(2)13-15-33/h3-4,6,8-10,16-17,21H,1,5,7,11-15,18H2,2H3,(H,29,35)(H,28,30,31). The number of piperazine rings is 1. The summed E-state index contributed by atoms with van der Waals surface area (Å²) in [6.45, 7) is 9.29. The summed E-state index contributed by atoms with van der Waals surface area (Å²) in [4.78, 5) is 32.8. The van der Waals surface area contributed by atoms with Gasteiger partial charge in [0.15, 0.2) is 0 Å². The number of amides is 1. The number of nitrogens with one attached hydrogen (secondary N) is 2. The second-order valence-corrected chi connectivity index (χ2v) is 9.23. The van der Waals surface area contributed by atoms with E-state index in [9.17, 15) is 4.79 Å². The molecule has 1 unspecified atom stereocenters. The van der Waals surface area contributed by atoms with Crippen LogP contribution in [0.4, 0.5) is 23.1 Å². The number of carbonyl (C=O) groups excluding carboxylic acids is 1.